The van der Waals surface area contributed by atoms with Gasteiger partial charge in [-0.2, -0.15) is 0 Å². The van der Waals surface area contributed by atoms with Gasteiger partial charge in [0.15, 0.2) is 0 Å². The van der Waals surface area contributed by atoms with Crippen LogP contribution >= 0.6 is 15.9 Å². The highest BCUT2D eigenvalue weighted by molar-refractivity contribution is 9.10. The molecule has 7 heteroatoms. The lowest BCUT2D eigenvalue weighted by Crippen LogP contribution is -2.29. The van der Waals surface area contributed by atoms with Crippen LogP contribution in [-0.2, 0) is 16.1 Å². The molecule has 1 aliphatic heterocycles. The van der Waals surface area contributed by atoms with E-state index in [1.807, 2.05) is 18.2 Å². The number of hydrogen-bond donors (Lipinski definition) is 1. The second kappa shape index (κ2) is 8.73. The topological polar surface area (TPSA) is 79.7 Å². The first-order valence-electron chi connectivity index (χ1n) is 9.57. The largest absolute Gasteiger partial charge is 0.507 e. The van der Waals surface area contributed by atoms with E-state index in [1.165, 1.54) is 12.0 Å². The summed E-state index contributed by atoms with van der Waals surface area (Å²) in [6.07, 6.45) is 3.29. The minimum absolute atomic E-state index is 0.0284. The number of para-hydroxylation sites is 1. The van der Waals surface area contributed by atoms with Crippen molar-refractivity contribution < 1.29 is 19.4 Å². The number of carbonyl (C=O) groups excluding carboxylic acids is 2. The van der Waals surface area contributed by atoms with Gasteiger partial charge in [-0.05, 0) is 29.8 Å². The van der Waals surface area contributed by atoms with Crippen LogP contribution in [-0.4, -0.2) is 33.8 Å². The molecule has 2 heterocycles. The molecule has 6 nitrogen and oxygen atoms in total. The molecule has 1 unspecified atom stereocenters. The fourth-order valence-corrected chi connectivity index (χ4v) is 3.97. The van der Waals surface area contributed by atoms with Crippen LogP contribution in [0.15, 0.2) is 83.1 Å². The van der Waals surface area contributed by atoms with Gasteiger partial charge in [0.1, 0.15) is 11.5 Å². The first-order chi connectivity index (χ1) is 15.0. The van der Waals surface area contributed by atoms with Gasteiger partial charge in [0.05, 0.1) is 18.7 Å². The van der Waals surface area contributed by atoms with E-state index in [-0.39, 0.29) is 17.9 Å². The zero-order chi connectivity index (χ0) is 22.0. The van der Waals surface area contributed by atoms with Crippen LogP contribution in [0.1, 0.15) is 22.7 Å². The summed E-state index contributed by atoms with van der Waals surface area (Å²) < 4.78 is 6.34. The number of nitrogens with zero attached hydrogens (tertiary/aromatic N) is 2. The van der Waals surface area contributed by atoms with E-state index in [9.17, 15) is 14.7 Å². The van der Waals surface area contributed by atoms with Crippen molar-refractivity contribution in [3.05, 3.63) is 99.8 Å². The van der Waals surface area contributed by atoms with Crippen LogP contribution in [0, 0.1) is 0 Å². The smallest absolute Gasteiger partial charge is 0.295 e. The molecule has 2 aromatic carbocycles. The summed E-state index contributed by atoms with van der Waals surface area (Å²) in [5, 5.41) is 11.1. The molecule has 3 aromatic rings. The van der Waals surface area contributed by atoms with Gasteiger partial charge in [0, 0.05) is 34.5 Å². The Labute approximate surface area is 187 Å². The lowest BCUT2D eigenvalue weighted by molar-refractivity contribution is -0.140. The van der Waals surface area contributed by atoms with E-state index in [0.717, 1.165) is 10.0 Å². The number of aromatic nitrogens is 1. The number of halogens is 1. The number of methoxy groups -OCH3 is 1. The Morgan fingerprint density at radius 3 is 2.52 bits per heavy atom. The third kappa shape index (κ3) is 3.96. The second-order valence-electron chi connectivity index (χ2n) is 7.04. The molecule has 1 aromatic heterocycles. The molecule has 31 heavy (non-hydrogen) atoms. The molecule has 1 atom stereocenters. The number of likely N-dealkylation sites (tertiary alicyclic amines) is 1. The van der Waals surface area contributed by atoms with Crippen molar-refractivity contribution in [1.29, 1.82) is 0 Å². The molecular formula is C24H19BrN2O4. The number of ketones is 1. The molecule has 0 aliphatic carbocycles. The Hall–Kier alpha value is -3.45. The van der Waals surface area contributed by atoms with Gasteiger partial charge in [-0.25, -0.2) is 0 Å². The third-order valence-corrected chi connectivity index (χ3v) is 5.70. The third-order valence-electron chi connectivity index (χ3n) is 5.17. The molecule has 0 spiro atoms. The van der Waals surface area contributed by atoms with E-state index in [2.05, 4.69) is 20.9 Å². The maximum atomic E-state index is 13.1. The number of benzene rings is 2. The van der Waals surface area contributed by atoms with Crippen LogP contribution in [0.4, 0.5) is 0 Å². The Balaban J connectivity index is 1.90. The van der Waals surface area contributed by atoms with Gasteiger partial charge in [0.25, 0.3) is 11.7 Å². The zero-order valence-electron chi connectivity index (χ0n) is 16.7. The summed E-state index contributed by atoms with van der Waals surface area (Å²) in [7, 11) is 1.53. The first kappa shape index (κ1) is 20.8. The highest BCUT2D eigenvalue weighted by Crippen LogP contribution is 2.43. The normalized spacial score (nSPS) is 17.7. The van der Waals surface area contributed by atoms with Crippen molar-refractivity contribution in [3.8, 4) is 5.75 Å². The van der Waals surface area contributed by atoms with Crippen LogP contribution in [0.2, 0.25) is 0 Å². The minimum atomic E-state index is -0.806. The molecule has 1 aliphatic rings. The van der Waals surface area contributed by atoms with Crippen molar-refractivity contribution in [2.45, 2.75) is 12.6 Å². The average Bonchev–Trinajstić information content (AvgIpc) is 3.04. The predicted molar refractivity (Wildman–Crippen MR) is 119 cm³/mol. The van der Waals surface area contributed by atoms with E-state index in [0.29, 0.717) is 16.9 Å². The molecule has 1 fully saturated rings. The van der Waals surface area contributed by atoms with Gasteiger partial charge in [0.2, 0.25) is 0 Å². The molecule has 156 valence electrons. The molecular weight excluding hydrogens is 460 g/mol. The highest BCUT2D eigenvalue weighted by Gasteiger charge is 2.47. The van der Waals surface area contributed by atoms with Gasteiger partial charge < -0.3 is 14.7 Å². The highest BCUT2D eigenvalue weighted by atomic mass is 79.9. The Morgan fingerprint density at radius 2 is 1.84 bits per heavy atom. The standard InChI is InChI=1S/C24H19BrN2O4/c1-31-19-7-3-2-6-18(19)21-20(22(28)16-8-10-17(25)11-9-16)23(29)24(30)27(21)14-15-5-4-12-26-13-15/h2-13,21,28H,14H2,1H3/b22-20-. The summed E-state index contributed by atoms with van der Waals surface area (Å²) >= 11 is 3.36. The predicted octanol–water partition coefficient (Wildman–Crippen LogP) is 4.47. The summed E-state index contributed by atoms with van der Waals surface area (Å²) in [6.45, 7) is 0.165. The summed E-state index contributed by atoms with van der Waals surface area (Å²) in [5.41, 5.74) is 1.86. The molecule has 0 radical (unpaired) electrons. The molecule has 1 N–H and O–H groups in total. The zero-order valence-corrected chi connectivity index (χ0v) is 18.2. The minimum Gasteiger partial charge on any atom is -0.507 e. The second-order valence-corrected chi connectivity index (χ2v) is 7.95. The number of carbonyl (C=O) groups is 2. The maximum absolute atomic E-state index is 13.1. The number of pyridine rings is 1. The first-order valence-corrected chi connectivity index (χ1v) is 10.4. The Bertz CT molecular complexity index is 1160. The van der Waals surface area contributed by atoms with Crippen molar-refractivity contribution in [2.75, 3.05) is 7.11 Å². The van der Waals surface area contributed by atoms with Crippen molar-refractivity contribution in [2.24, 2.45) is 0 Å². The van der Waals surface area contributed by atoms with Gasteiger partial charge in [-0.1, -0.05) is 52.3 Å². The van der Waals surface area contributed by atoms with E-state index in [1.54, 1.807) is 54.9 Å². The van der Waals surface area contributed by atoms with E-state index < -0.39 is 17.7 Å². The summed E-state index contributed by atoms with van der Waals surface area (Å²) in [5.74, 6) is -1.12. The van der Waals surface area contributed by atoms with E-state index >= 15 is 0 Å². The molecule has 1 saturated heterocycles. The molecule has 4 rings (SSSR count). The number of ether oxygens (including phenoxy) is 1. The molecule has 0 bridgehead atoms. The van der Waals surface area contributed by atoms with Crippen molar-refractivity contribution >= 4 is 33.4 Å². The SMILES string of the molecule is COc1ccccc1C1/C(=C(/O)c2ccc(Br)cc2)C(=O)C(=O)N1Cc1cccnc1. The number of amides is 1. The number of rotatable bonds is 5. The average molecular weight is 479 g/mol. The lowest BCUT2D eigenvalue weighted by atomic mass is 9.94. The van der Waals surface area contributed by atoms with Gasteiger partial charge >= 0.3 is 0 Å². The number of aliphatic hydroxyl groups excluding tert-OH is 1. The van der Waals surface area contributed by atoms with Crippen LogP contribution < -0.4 is 4.74 Å². The summed E-state index contributed by atoms with van der Waals surface area (Å²) in [6, 6.07) is 16.9. The number of aliphatic hydroxyl groups is 1. The number of hydrogen-bond acceptors (Lipinski definition) is 5. The fourth-order valence-electron chi connectivity index (χ4n) is 3.71. The van der Waals surface area contributed by atoms with Crippen molar-refractivity contribution in [3.63, 3.8) is 0 Å². The van der Waals surface area contributed by atoms with E-state index in [4.69, 9.17) is 4.74 Å². The van der Waals surface area contributed by atoms with Crippen molar-refractivity contribution in [1.82, 2.24) is 9.88 Å². The Morgan fingerprint density at radius 1 is 1.10 bits per heavy atom. The fraction of sp³-hybridized carbons (Fsp3) is 0.125. The summed E-state index contributed by atoms with van der Waals surface area (Å²) in [4.78, 5) is 31.7. The Kier molecular flexibility index (Phi) is 5.86. The lowest BCUT2D eigenvalue weighted by Gasteiger charge is -2.26. The monoisotopic (exact) mass is 478 g/mol. The maximum Gasteiger partial charge on any atom is 0.295 e. The number of Topliss-reactive ketones (excluding diaryl/α,β-unsaturated/α-hetero) is 1. The van der Waals surface area contributed by atoms with Crippen LogP contribution in [0.5, 0.6) is 5.75 Å². The molecule has 0 saturated carbocycles. The van der Waals surface area contributed by atoms with Crippen LogP contribution in [0.3, 0.4) is 0 Å². The van der Waals surface area contributed by atoms with Gasteiger partial charge in [-0.15, -0.1) is 0 Å². The molecule has 1 amide bonds. The van der Waals surface area contributed by atoms with Gasteiger partial charge in [-0.3, -0.25) is 14.6 Å². The van der Waals surface area contributed by atoms with Crippen LogP contribution in [0.25, 0.3) is 5.76 Å². The quantitative estimate of drug-likeness (QED) is 0.332.